The molecule has 1 atom stereocenters. The monoisotopic (exact) mass is 296 g/mol. The van der Waals surface area contributed by atoms with Crippen LogP contribution in [0.15, 0.2) is 0 Å². The number of hydrogen-bond acceptors (Lipinski definition) is 7. The Morgan fingerprint density at radius 3 is 1.73 bits per heavy atom. The van der Waals surface area contributed by atoms with Gasteiger partial charge in [-0.2, -0.15) is 12.6 Å². The summed E-state index contributed by atoms with van der Waals surface area (Å²) in [4.78, 5) is 0.333. The van der Waals surface area contributed by atoms with Gasteiger partial charge in [-0.25, -0.2) is 0 Å². The van der Waals surface area contributed by atoms with Crippen molar-refractivity contribution < 1.29 is 41.7 Å². The van der Waals surface area contributed by atoms with Crippen LogP contribution in [0.1, 0.15) is 19.8 Å². The van der Waals surface area contributed by atoms with Gasteiger partial charge in [0.05, 0.1) is 0 Å². The molecular formula is C6H20O6SSiTi. The van der Waals surface area contributed by atoms with Crippen molar-refractivity contribution in [1.29, 1.82) is 0 Å². The summed E-state index contributed by atoms with van der Waals surface area (Å²) in [6.07, 6.45) is 2.23. The summed E-state index contributed by atoms with van der Waals surface area (Å²) < 4.78 is 39.8. The first-order chi connectivity index (χ1) is 6.76. The minimum atomic E-state index is -5.00. The van der Waals surface area contributed by atoms with Gasteiger partial charge in [-0.1, -0.05) is 13.3 Å². The number of thiol groups is 1. The van der Waals surface area contributed by atoms with Gasteiger partial charge in [-0.15, -0.1) is 0 Å². The molecular weight excluding hydrogens is 276 g/mol. The fourth-order valence-electron chi connectivity index (χ4n) is 0.842. The molecule has 0 radical (unpaired) electrons. The average molecular weight is 296 g/mol. The molecule has 6 nitrogen and oxygen atoms in total. The molecule has 0 amide bonds. The quantitative estimate of drug-likeness (QED) is 0.326. The van der Waals surface area contributed by atoms with Crippen LogP contribution in [0, 0.1) is 0 Å². The van der Waals surface area contributed by atoms with Gasteiger partial charge in [0.15, 0.2) is 0 Å². The Bertz CT molecular complexity index is 136. The van der Waals surface area contributed by atoms with Crippen molar-refractivity contribution in [1.82, 2.24) is 0 Å². The van der Waals surface area contributed by atoms with Crippen LogP contribution in [0.5, 0.6) is 0 Å². The van der Waals surface area contributed by atoms with Crippen molar-refractivity contribution in [3.63, 3.8) is 0 Å². The molecule has 0 heterocycles. The fourth-order valence-corrected chi connectivity index (χ4v) is 3.26. The van der Waals surface area contributed by atoms with E-state index in [9.17, 15) is 0 Å². The summed E-state index contributed by atoms with van der Waals surface area (Å²) in [7, 11) is 1.95. The van der Waals surface area contributed by atoms with E-state index in [-0.39, 0.29) is 0 Å². The predicted octanol–water partition coefficient (Wildman–Crippen LogP) is -1.09. The Morgan fingerprint density at radius 1 is 1.20 bits per heavy atom. The second-order valence-electron chi connectivity index (χ2n) is 2.80. The van der Waals surface area contributed by atoms with E-state index >= 15 is 0 Å². The fraction of sp³-hybridized carbons (Fsp3) is 1.00. The molecule has 0 saturated carbocycles. The Balaban J connectivity index is 0. The van der Waals surface area contributed by atoms with Crippen LogP contribution in [0.4, 0.5) is 0 Å². The van der Waals surface area contributed by atoms with E-state index < -0.39 is 27.4 Å². The van der Waals surface area contributed by atoms with Gasteiger partial charge in [0.2, 0.25) is 0 Å². The maximum atomic E-state index is 7.38. The number of hydrogen-bond donors (Lipinski definition) is 5. The molecule has 0 spiro atoms. The molecule has 1 unspecified atom stereocenters. The summed E-state index contributed by atoms with van der Waals surface area (Å²) in [6, 6.07) is 0. The van der Waals surface area contributed by atoms with E-state index in [1.165, 1.54) is 0 Å². The first-order valence-corrected chi connectivity index (χ1v) is 9.31. The van der Waals surface area contributed by atoms with E-state index in [4.69, 9.17) is 23.6 Å². The molecule has 0 aliphatic heterocycles. The Morgan fingerprint density at radius 2 is 1.53 bits per heavy atom. The summed E-state index contributed by atoms with van der Waals surface area (Å²) in [5, 5.41) is 0. The molecule has 0 aromatic rings. The van der Waals surface area contributed by atoms with Gasteiger partial charge >= 0.3 is 42.2 Å². The van der Waals surface area contributed by atoms with Crippen LogP contribution in [-0.2, 0) is 27.0 Å². The van der Waals surface area contributed by atoms with Crippen LogP contribution >= 0.6 is 12.6 Å². The van der Waals surface area contributed by atoms with Gasteiger partial charge in [-0.3, -0.25) is 0 Å². The van der Waals surface area contributed by atoms with Gasteiger partial charge in [0.25, 0.3) is 0 Å². The standard InChI is InChI=1S/C6H16O2SSi.4H2O.Ti/c1-4-5-6(9)10(7-2)8-3;;;;;/h6,9-10H,4-5H2,1-3H3;4*1H2;/q;;;;;+4/p-4. The van der Waals surface area contributed by atoms with Gasteiger partial charge < -0.3 is 8.85 Å². The Hall–Kier alpha value is 1.04. The first-order valence-electron chi connectivity index (χ1n) is 4.39. The van der Waals surface area contributed by atoms with Crippen LogP contribution in [0.2, 0.25) is 0 Å². The summed E-state index contributed by atoms with van der Waals surface area (Å²) >= 11 is -0.623. The summed E-state index contributed by atoms with van der Waals surface area (Å²) in [5.41, 5.74) is 0. The summed E-state index contributed by atoms with van der Waals surface area (Å²) in [6.45, 7) is 2.14. The van der Waals surface area contributed by atoms with Crippen LogP contribution < -0.4 is 0 Å². The number of rotatable bonds is 5. The third kappa shape index (κ3) is 17.6. The third-order valence-electron chi connectivity index (χ3n) is 1.36. The molecule has 15 heavy (non-hydrogen) atoms. The van der Waals surface area contributed by atoms with Crippen LogP contribution in [0.3, 0.4) is 0 Å². The van der Waals surface area contributed by atoms with Crippen molar-refractivity contribution in [2.75, 3.05) is 14.2 Å². The van der Waals surface area contributed by atoms with E-state index in [0.29, 0.717) is 4.87 Å². The van der Waals surface area contributed by atoms with Gasteiger partial charge in [0.1, 0.15) is 0 Å². The second-order valence-corrected chi connectivity index (χ2v) is 8.38. The predicted molar refractivity (Wildman–Crippen MR) is 57.7 cm³/mol. The van der Waals surface area contributed by atoms with Gasteiger partial charge in [-0.05, 0) is 6.42 Å². The summed E-state index contributed by atoms with van der Waals surface area (Å²) in [5.74, 6) is 0. The maximum absolute atomic E-state index is 7.38. The molecule has 0 aromatic heterocycles. The molecule has 0 rings (SSSR count). The van der Waals surface area contributed by atoms with E-state index in [0.717, 1.165) is 12.8 Å². The van der Waals surface area contributed by atoms with E-state index in [1.807, 2.05) is 0 Å². The normalized spacial score (nSPS) is 13.4. The third-order valence-corrected chi connectivity index (χ3v) is 4.24. The average Bonchev–Trinajstić information content (AvgIpc) is 2.03. The zero-order valence-electron chi connectivity index (χ0n) is 9.12. The topological polar surface area (TPSA) is 99.4 Å². The van der Waals surface area contributed by atoms with Crippen molar-refractivity contribution in [3.8, 4) is 0 Å². The van der Waals surface area contributed by atoms with Crippen molar-refractivity contribution in [2.45, 2.75) is 24.6 Å². The molecule has 0 fully saturated rings. The molecule has 4 N–H and O–H groups in total. The molecule has 0 aliphatic carbocycles. The van der Waals surface area contributed by atoms with Crippen molar-refractivity contribution in [2.24, 2.45) is 0 Å². The molecule has 0 saturated heterocycles. The molecule has 0 aromatic carbocycles. The second kappa shape index (κ2) is 10.2. The van der Waals surface area contributed by atoms with Crippen molar-refractivity contribution in [3.05, 3.63) is 0 Å². The first kappa shape index (κ1) is 18.4. The molecule has 94 valence electrons. The van der Waals surface area contributed by atoms with Crippen molar-refractivity contribution >= 4 is 21.9 Å². The Labute approximate surface area is 102 Å². The minimum absolute atomic E-state index is 0.333. The Kier molecular flexibility index (Phi) is 12.5. The molecule has 9 heteroatoms. The zero-order chi connectivity index (χ0) is 12.5. The molecule has 0 bridgehead atoms. The van der Waals surface area contributed by atoms with Gasteiger partial charge in [0, 0.05) is 19.1 Å². The van der Waals surface area contributed by atoms with E-state index in [2.05, 4.69) is 19.6 Å². The zero-order valence-corrected chi connectivity index (χ0v) is 12.7. The van der Waals surface area contributed by atoms with E-state index in [1.54, 1.807) is 14.2 Å². The van der Waals surface area contributed by atoms with Crippen LogP contribution in [0.25, 0.3) is 0 Å². The molecule has 0 aliphatic rings. The van der Waals surface area contributed by atoms with Crippen LogP contribution in [-0.4, -0.2) is 43.1 Å². The SMILES string of the molecule is CCCC(S)[SiH](OC)OC.[OH][Ti]([OH])([OH])[OH].